The van der Waals surface area contributed by atoms with Crippen molar-refractivity contribution in [1.82, 2.24) is 10.2 Å². The van der Waals surface area contributed by atoms with Gasteiger partial charge in [0.05, 0.1) is 12.0 Å². The Morgan fingerprint density at radius 1 is 1.15 bits per heavy atom. The van der Waals surface area contributed by atoms with Crippen molar-refractivity contribution in [3.8, 4) is 0 Å². The lowest BCUT2D eigenvalue weighted by molar-refractivity contribution is -0.143. The monoisotopic (exact) mass is 368 g/mol. The molecule has 1 aliphatic rings. The van der Waals surface area contributed by atoms with Crippen LogP contribution in [0.5, 0.6) is 0 Å². The molecule has 4 nitrogen and oxygen atoms in total. The number of rotatable bonds is 5. The zero-order chi connectivity index (χ0) is 19.4. The van der Waals surface area contributed by atoms with Gasteiger partial charge in [0.2, 0.25) is 11.8 Å². The molecular weight excluding hydrogens is 343 g/mol. The Labute approximate surface area is 159 Å². The van der Waals surface area contributed by atoms with Crippen molar-refractivity contribution in [3.63, 3.8) is 0 Å². The Morgan fingerprint density at radius 3 is 2.44 bits per heavy atom. The quantitative estimate of drug-likeness (QED) is 0.874. The molecule has 2 aromatic rings. The summed E-state index contributed by atoms with van der Waals surface area (Å²) in [5.74, 6) is -0.582. The van der Waals surface area contributed by atoms with Gasteiger partial charge in [0, 0.05) is 19.5 Å². The summed E-state index contributed by atoms with van der Waals surface area (Å²) in [6.07, 6.45) is 0.911. The number of likely N-dealkylation sites (tertiary alicyclic amines) is 1. The topological polar surface area (TPSA) is 49.4 Å². The SMILES string of the molecule is CCN1C(=O)CC[C@@H](C(=O)NCc2ccc(F)cc2)[C@@H]1c1ccc(C)cc1. The molecule has 3 rings (SSSR count). The largest absolute Gasteiger partial charge is 0.352 e. The molecule has 0 saturated carbocycles. The summed E-state index contributed by atoms with van der Waals surface area (Å²) in [4.78, 5) is 27.2. The van der Waals surface area contributed by atoms with Crippen LogP contribution in [0.2, 0.25) is 0 Å². The first-order chi connectivity index (χ1) is 13.0. The van der Waals surface area contributed by atoms with Crippen LogP contribution in [0.1, 0.15) is 42.5 Å². The van der Waals surface area contributed by atoms with E-state index in [4.69, 9.17) is 0 Å². The zero-order valence-electron chi connectivity index (χ0n) is 15.7. The number of piperidine rings is 1. The molecular formula is C22H25FN2O2. The van der Waals surface area contributed by atoms with Gasteiger partial charge in [-0.05, 0) is 43.5 Å². The first-order valence-electron chi connectivity index (χ1n) is 9.37. The number of hydrogen-bond donors (Lipinski definition) is 1. The Balaban J connectivity index is 1.79. The maximum absolute atomic E-state index is 13.0. The van der Waals surface area contributed by atoms with Crippen molar-refractivity contribution in [2.45, 2.75) is 39.3 Å². The molecule has 27 heavy (non-hydrogen) atoms. The van der Waals surface area contributed by atoms with E-state index in [1.54, 1.807) is 17.0 Å². The highest BCUT2D eigenvalue weighted by Crippen LogP contribution is 2.36. The van der Waals surface area contributed by atoms with Gasteiger partial charge in [-0.2, -0.15) is 0 Å². The highest BCUT2D eigenvalue weighted by molar-refractivity contribution is 5.85. The average molecular weight is 368 g/mol. The molecule has 5 heteroatoms. The van der Waals surface area contributed by atoms with Gasteiger partial charge in [-0.15, -0.1) is 0 Å². The van der Waals surface area contributed by atoms with Crippen LogP contribution in [0.25, 0.3) is 0 Å². The lowest BCUT2D eigenvalue weighted by Gasteiger charge is -2.40. The summed E-state index contributed by atoms with van der Waals surface area (Å²) in [5.41, 5.74) is 2.97. The summed E-state index contributed by atoms with van der Waals surface area (Å²) in [5, 5.41) is 2.96. The van der Waals surface area contributed by atoms with E-state index in [1.165, 1.54) is 12.1 Å². The summed E-state index contributed by atoms with van der Waals surface area (Å²) in [6.45, 7) is 4.87. The highest BCUT2D eigenvalue weighted by Gasteiger charge is 2.39. The fourth-order valence-electron chi connectivity index (χ4n) is 3.70. The number of nitrogens with one attached hydrogen (secondary N) is 1. The minimum Gasteiger partial charge on any atom is -0.352 e. The molecule has 2 amide bonds. The van der Waals surface area contributed by atoms with Gasteiger partial charge in [0.1, 0.15) is 5.82 Å². The third kappa shape index (κ3) is 4.35. The molecule has 1 fully saturated rings. The molecule has 1 saturated heterocycles. The van der Waals surface area contributed by atoms with Crippen molar-refractivity contribution in [1.29, 1.82) is 0 Å². The second-order valence-electron chi connectivity index (χ2n) is 7.02. The van der Waals surface area contributed by atoms with E-state index in [-0.39, 0.29) is 29.6 Å². The zero-order valence-corrected chi connectivity index (χ0v) is 15.7. The van der Waals surface area contributed by atoms with Gasteiger partial charge in [-0.25, -0.2) is 4.39 Å². The second-order valence-corrected chi connectivity index (χ2v) is 7.02. The van der Waals surface area contributed by atoms with Crippen LogP contribution in [0, 0.1) is 18.7 Å². The lowest BCUT2D eigenvalue weighted by Crippen LogP contribution is -2.47. The van der Waals surface area contributed by atoms with E-state index in [2.05, 4.69) is 5.32 Å². The smallest absolute Gasteiger partial charge is 0.225 e. The number of carbonyl (C=O) groups excluding carboxylic acids is 2. The fraction of sp³-hybridized carbons (Fsp3) is 0.364. The number of benzene rings is 2. The number of hydrogen-bond acceptors (Lipinski definition) is 2. The maximum atomic E-state index is 13.0. The second kappa shape index (κ2) is 8.33. The molecule has 0 spiro atoms. The minimum absolute atomic E-state index is 0.0733. The fourth-order valence-corrected chi connectivity index (χ4v) is 3.70. The molecule has 142 valence electrons. The molecule has 0 radical (unpaired) electrons. The van der Waals surface area contributed by atoms with Crippen LogP contribution in [-0.2, 0) is 16.1 Å². The molecule has 1 N–H and O–H groups in total. The third-order valence-electron chi connectivity index (χ3n) is 5.18. The minimum atomic E-state index is -0.300. The van der Waals surface area contributed by atoms with Crippen molar-refractivity contribution < 1.29 is 14.0 Å². The summed E-state index contributed by atoms with van der Waals surface area (Å²) in [6, 6.07) is 13.9. The maximum Gasteiger partial charge on any atom is 0.225 e. The normalized spacial score (nSPS) is 19.8. The predicted molar refractivity (Wildman–Crippen MR) is 102 cm³/mol. The molecule has 0 bridgehead atoms. The van der Waals surface area contributed by atoms with Crippen LogP contribution < -0.4 is 5.32 Å². The number of halogens is 1. The Kier molecular flexibility index (Phi) is 5.89. The molecule has 0 aromatic heterocycles. The Morgan fingerprint density at radius 2 is 1.81 bits per heavy atom. The average Bonchev–Trinajstić information content (AvgIpc) is 2.67. The van der Waals surface area contributed by atoms with Crippen molar-refractivity contribution >= 4 is 11.8 Å². The number of aryl methyl sites for hydroxylation is 1. The highest BCUT2D eigenvalue weighted by atomic mass is 19.1. The molecule has 2 atom stereocenters. The van der Waals surface area contributed by atoms with E-state index in [9.17, 15) is 14.0 Å². The van der Waals surface area contributed by atoms with E-state index in [1.807, 2.05) is 38.1 Å². The molecule has 2 aromatic carbocycles. The Bertz CT molecular complexity index is 802. The number of amides is 2. The lowest BCUT2D eigenvalue weighted by atomic mass is 9.83. The van der Waals surface area contributed by atoms with Gasteiger partial charge in [-0.1, -0.05) is 42.0 Å². The number of nitrogens with zero attached hydrogens (tertiary/aromatic N) is 1. The van der Waals surface area contributed by atoms with Crippen LogP contribution >= 0.6 is 0 Å². The summed E-state index contributed by atoms with van der Waals surface area (Å²) in [7, 11) is 0. The number of carbonyl (C=O) groups is 2. The molecule has 0 unspecified atom stereocenters. The standard InChI is InChI=1S/C22H25FN2O2/c1-3-25-20(26)13-12-19(21(25)17-8-4-15(2)5-9-17)22(27)24-14-16-6-10-18(23)11-7-16/h4-11,19,21H,3,12-14H2,1-2H3,(H,24,27)/t19-,21+/m1/s1. The van der Waals surface area contributed by atoms with E-state index in [0.29, 0.717) is 25.9 Å². The van der Waals surface area contributed by atoms with Crippen LogP contribution in [0.15, 0.2) is 48.5 Å². The van der Waals surface area contributed by atoms with Crippen molar-refractivity contribution in [3.05, 3.63) is 71.0 Å². The molecule has 1 aliphatic heterocycles. The molecule has 0 aliphatic carbocycles. The van der Waals surface area contributed by atoms with Crippen molar-refractivity contribution in [2.75, 3.05) is 6.54 Å². The van der Waals surface area contributed by atoms with E-state index >= 15 is 0 Å². The van der Waals surface area contributed by atoms with Crippen molar-refractivity contribution in [2.24, 2.45) is 5.92 Å². The Hall–Kier alpha value is -2.69. The first kappa shape index (κ1) is 19.1. The molecule has 1 heterocycles. The first-order valence-corrected chi connectivity index (χ1v) is 9.37. The van der Waals surface area contributed by atoms with Gasteiger partial charge >= 0.3 is 0 Å². The van der Waals surface area contributed by atoms with Gasteiger partial charge < -0.3 is 10.2 Å². The third-order valence-corrected chi connectivity index (χ3v) is 5.18. The summed E-state index contributed by atoms with van der Waals surface area (Å²) >= 11 is 0. The predicted octanol–water partition coefficient (Wildman–Crippen LogP) is 3.75. The van der Waals surface area contributed by atoms with Crippen LogP contribution in [0.4, 0.5) is 4.39 Å². The van der Waals surface area contributed by atoms with Gasteiger partial charge in [-0.3, -0.25) is 9.59 Å². The summed E-state index contributed by atoms with van der Waals surface area (Å²) < 4.78 is 13.0. The van der Waals surface area contributed by atoms with E-state index < -0.39 is 0 Å². The van der Waals surface area contributed by atoms with Gasteiger partial charge in [0.25, 0.3) is 0 Å². The van der Waals surface area contributed by atoms with Gasteiger partial charge in [0.15, 0.2) is 0 Å². The van der Waals surface area contributed by atoms with E-state index in [0.717, 1.165) is 16.7 Å². The van der Waals surface area contributed by atoms with Crippen LogP contribution in [0.3, 0.4) is 0 Å². The van der Waals surface area contributed by atoms with Crippen LogP contribution in [-0.4, -0.2) is 23.3 Å².